The van der Waals surface area contributed by atoms with Crippen molar-refractivity contribution in [3.63, 3.8) is 0 Å². The minimum absolute atomic E-state index is 0.556. The van der Waals surface area contributed by atoms with Crippen LogP contribution in [-0.4, -0.2) is 0 Å². The molecule has 0 N–H and O–H groups in total. The summed E-state index contributed by atoms with van der Waals surface area (Å²) in [5.74, 6) is 16.7. The van der Waals surface area contributed by atoms with Crippen LogP contribution in [0.15, 0.2) is 0 Å². The number of halogens is 2. The van der Waals surface area contributed by atoms with Gasteiger partial charge >= 0.3 is 35.6 Å². The van der Waals surface area contributed by atoms with Crippen molar-refractivity contribution in [1.29, 1.82) is 0 Å². The Morgan fingerprint density at radius 3 is 1.29 bits per heavy atom. The van der Waals surface area contributed by atoms with E-state index in [0.29, 0.717) is 10.8 Å². The number of hydrogen-bond acceptors (Lipinski definition) is 0. The zero-order chi connectivity index (χ0) is 22.9. The van der Waals surface area contributed by atoms with Gasteiger partial charge in [-0.2, -0.15) is 0 Å². The standard InChI is InChI=1S/2C14H19.2ClH.Ti/c2*1-8-5-9(2)13-11(8)6-10-7-12(13)14(10,3)4;;;/h2*5,10,12H,6-7H2,1-4H3;2*1H;/q;;;;+2/p-2. The molecule has 0 amide bonds. The van der Waals surface area contributed by atoms with Gasteiger partial charge in [0.1, 0.15) is 0 Å². The summed E-state index contributed by atoms with van der Waals surface area (Å²) < 4.78 is 0. The summed E-state index contributed by atoms with van der Waals surface area (Å²) in [6.07, 6.45) is 10.4. The average Bonchev–Trinajstić information content (AvgIpc) is 3.18. The molecule has 8 rings (SSSR count). The van der Waals surface area contributed by atoms with Crippen molar-refractivity contribution in [2.45, 2.75) is 81.1 Å². The van der Waals surface area contributed by atoms with Gasteiger partial charge in [-0.05, 0) is 120 Å². The Hall–Kier alpha value is 1.29. The van der Waals surface area contributed by atoms with E-state index in [2.05, 4.69) is 68.2 Å². The third kappa shape index (κ3) is 4.06. The van der Waals surface area contributed by atoms with Gasteiger partial charge < -0.3 is 0 Å². The van der Waals surface area contributed by atoms with Crippen LogP contribution in [0.3, 0.4) is 0 Å². The van der Waals surface area contributed by atoms with Crippen molar-refractivity contribution in [3.05, 3.63) is 60.2 Å². The molecule has 3 heteroatoms. The van der Waals surface area contributed by atoms with Gasteiger partial charge in [0.15, 0.2) is 0 Å². The Balaban J connectivity index is 0.000000133. The van der Waals surface area contributed by atoms with Gasteiger partial charge in [0, 0.05) is 0 Å². The predicted octanol–water partition coefficient (Wildman–Crippen LogP) is 8.59. The first-order valence-corrected chi connectivity index (χ1v) is 16.2. The SMILES string of the molecule is C[C]1[CH][C](C)[C]2[C]1CC1CC2C1(C)C.C[C]1[CH][C](C)[C]2[C]1CC1CC2C1(C)C.[Cl][Ti][Cl]. The fourth-order valence-corrected chi connectivity index (χ4v) is 7.59. The summed E-state index contributed by atoms with van der Waals surface area (Å²) in [6.45, 7) is 19.0. The molecule has 0 saturated heterocycles. The molecule has 31 heavy (non-hydrogen) atoms. The van der Waals surface area contributed by atoms with Crippen LogP contribution >= 0.6 is 18.6 Å². The Kier molecular flexibility index (Phi) is 7.42. The van der Waals surface area contributed by atoms with Gasteiger partial charge in [0.25, 0.3) is 0 Å². The molecule has 0 aromatic carbocycles. The fourth-order valence-electron chi connectivity index (χ4n) is 7.59. The maximum atomic E-state index is 4.89. The maximum absolute atomic E-state index is 4.89. The van der Waals surface area contributed by atoms with E-state index in [1.165, 1.54) is 25.7 Å². The van der Waals surface area contributed by atoms with Gasteiger partial charge in [0.2, 0.25) is 0 Å². The van der Waals surface area contributed by atoms with Gasteiger partial charge in [-0.25, -0.2) is 0 Å². The topological polar surface area (TPSA) is 0 Å². The van der Waals surface area contributed by atoms with Crippen molar-refractivity contribution in [3.8, 4) is 0 Å². The van der Waals surface area contributed by atoms with Crippen LogP contribution in [0.2, 0.25) is 0 Å². The van der Waals surface area contributed by atoms with Crippen molar-refractivity contribution in [2.24, 2.45) is 34.5 Å². The van der Waals surface area contributed by atoms with Crippen molar-refractivity contribution >= 4 is 18.6 Å². The van der Waals surface area contributed by atoms with Crippen LogP contribution in [-0.2, 0) is 17.0 Å². The van der Waals surface area contributed by atoms with Gasteiger partial charge in [-0.1, -0.05) is 55.4 Å². The zero-order valence-corrected chi connectivity index (χ0v) is 23.6. The van der Waals surface area contributed by atoms with E-state index in [1.807, 2.05) is 0 Å². The minimum atomic E-state index is -0.556. The van der Waals surface area contributed by atoms with E-state index < -0.39 is 17.0 Å². The Morgan fingerprint density at radius 2 is 1.00 bits per heavy atom. The third-order valence-corrected chi connectivity index (χ3v) is 9.86. The molecule has 0 nitrogen and oxygen atoms in total. The number of rotatable bonds is 0. The molecular formula is C28H38Cl2Ti. The molecule has 8 fully saturated rings. The van der Waals surface area contributed by atoms with Crippen LogP contribution in [0.4, 0.5) is 0 Å². The van der Waals surface area contributed by atoms with Crippen LogP contribution < -0.4 is 0 Å². The van der Waals surface area contributed by atoms with Crippen molar-refractivity contribution in [2.75, 3.05) is 0 Å². The van der Waals surface area contributed by atoms with Crippen LogP contribution in [0.5, 0.6) is 0 Å². The molecule has 0 aromatic heterocycles. The Morgan fingerprint density at radius 1 is 0.677 bits per heavy atom. The molecule has 4 unspecified atom stereocenters. The van der Waals surface area contributed by atoms with Crippen molar-refractivity contribution < 1.29 is 17.0 Å². The van der Waals surface area contributed by atoms with Gasteiger partial charge in [0.05, 0.1) is 0 Å². The molecule has 10 radical (unpaired) electrons. The van der Waals surface area contributed by atoms with Crippen LogP contribution in [0, 0.1) is 94.7 Å². The first-order chi connectivity index (χ1) is 14.4. The van der Waals surface area contributed by atoms with E-state index in [1.54, 1.807) is 47.3 Å². The zero-order valence-electron chi connectivity index (χ0n) is 20.5. The van der Waals surface area contributed by atoms with Crippen molar-refractivity contribution in [1.82, 2.24) is 0 Å². The second-order valence-electron chi connectivity index (χ2n) is 11.9. The summed E-state index contributed by atoms with van der Waals surface area (Å²) in [5.41, 5.74) is 1.16. The second-order valence-corrected chi connectivity index (χ2v) is 14.5. The fraction of sp³-hybridized carbons (Fsp3) is 0.643. The summed E-state index contributed by atoms with van der Waals surface area (Å²) in [5, 5.41) is 0. The molecule has 4 bridgehead atoms. The van der Waals surface area contributed by atoms with E-state index in [9.17, 15) is 0 Å². The molecule has 8 saturated carbocycles. The van der Waals surface area contributed by atoms with Crippen LogP contribution in [0.1, 0.15) is 81.1 Å². The molecule has 8 aliphatic rings. The van der Waals surface area contributed by atoms with Gasteiger partial charge in [-0.15, -0.1) is 0 Å². The monoisotopic (exact) mass is 492 g/mol. The molecule has 0 aromatic rings. The molecular weight excluding hydrogens is 455 g/mol. The molecule has 4 atom stereocenters. The third-order valence-electron chi connectivity index (χ3n) is 9.86. The molecule has 0 spiro atoms. The first kappa shape index (κ1) is 25.4. The number of hydrogen-bond donors (Lipinski definition) is 0. The first-order valence-electron chi connectivity index (χ1n) is 11.9. The predicted molar refractivity (Wildman–Crippen MR) is 129 cm³/mol. The van der Waals surface area contributed by atoms with E-state index in [4.69, 9.17) is 18.6 Å². The normalized spacial score (nSPS) is 39.9. The van der Waals surface area contributed by atoms with E-state index in [-0.39, 0.29) is 0 Å². The molecule has 168 valence electrons. The quantitative estimate of drug-likeness (QED) is 0.297. The summed E-state index contributed by atoms with van der Waals surface area (Å²) in [6, 6.07) is 0. The molecule has 0 aliphatic heterocycles. The summed E-state index contributed by atoms with van der Waals surface area (Å²) >= 11 is -0.556. The van der Waals surface area contributed by atoms with E-state index >= 15 is 0 Å². The Bertz CT molecular complexity index is 591. The molecule has 8 aliphatic carbocycles. The Labute approximate surface area is 210 Å². The summed E-state index contributed by atoms with van der Waals surface area (Å²) in [7, 11) is 9.78. The second kappa shape index (κ2) is 9.06. The summed E-state index contributed by atoms with van der Waals surface area (Å²) in [4.78, 5) is 0. The average molecular weight is 493 g/mol. The van der Waals surface area contributed by atoms with E-state index in [0.717, 1.165) is 23.7 Å². The molecule has 0 heterocycles. The van der Waals surface area contributed by atoms with Crippen LogP contribution in [0.25, 0.3) is 0 Å². The van der Waals surface area contributed by atoms with Gasteiger partial charge in [-0.3, -0.25) is 0 Å².